The molecule has 3 nitrogen and oxygen atoms in total. The summed E-state index contributed by atoms with van der Waals surface area (Å²) in [5.74, 6) is 0. The van der Waals surface area contributed by atoms with E-state index in [4.69, 9.17) is 0 Å². The van der Waals surface area contributed by atoms with Crippen LogP contribution in [0.4, 0.5) is 0 Å². The van der Waals surface area contributed by atoms with E-state index in [1.165, 1.54) is 15.3 Å². The zero-order chi connectivity index (χ0) is 14.9. The van der Waals surface area contributed by atoms with Crippen molar-refractivity contribution in [3.63, 3.8) is 0 Å². The normalized spacial score (nSPS) is 18.5. The van der Waals surface area contributed by atoms with Crippen molar-refractivity contribution in [1.29, 1.82) is 0 Å². The Kier molecular flexibility index (Phi) is 4.32. The molecule has 4 heterocycles. The minimum atomic E-state index is 0.372. The first-order valence-electron chi connectivity index (χ1n) is 7.05. The molecule has 0 saturated carbocycles. The van der Waals surface area contributed by atoms with Gasteiger partial charge in [0.25, 0.3) is 0 Å². The van der Waals surface area contributed by atoms with Crippen LogP contribution >= 0.6 is 45.8 Å². The smallest absolute Gasteiger partial charge is 0.174 e. The molecule has 1 atom stereocenters. The van der Waals surface area contributed by atoms with Gasteiger partial charge in [0.2, 0.25) is 0 Å². The van der Waals surface area contributed by atoms with Crippen molar-refractivity contribution in [3.8, 4) is 0 Å². The van der Waals surface area contributed by atoms with Gasteiger partial charge in [-0.05, 0) is 41.1 Å². The van der Waals surface area contributed by atoms with E-state index in [1.54, 1.807) is 23.1 Å². The molecule has 3 aromatic heterocycles. The van der Waals surface area contributed by atoms with Gasteiger partial charge >= 0.3 is 0 Å². The SMILES string of the molecule is CSc1nnc(CN2CCc3sccc3C2c2cccs2)s1. The Morgan fingerprint density at radius 2 is 2.23 bits per heavy atom. The van der Waals surface area contributed by atoms with Gasteiger partial charge in [-0.2, -0.15) is 0 Å². The van der Waals surface area contributed by atoms with Gasteiger partial charge in [-0.25, -0.2) is 0 Å². The van der Waals surface area contributed by atoms with Crippen molar-refractivity contribution < 1.29 is 0 Å². The summed E-state index contributed by atoms with van der Waals surface area (Å²) in [5.41, 5.74) is 1.48. The predicted octanol–water partition coefficient (Wildman–Crippen LogP) is 4.53. The Morgan fingerprint density at radius 3 is 3.00 bits per heavy atom. The summed E-state index contributed by atoms with van der Waals surface area (Å²) < 4.78 is 1.05. The summed E-state index contributed by atoms with van der Waals surface area (Å²) in [6.07, 6.45) is 3.19. The maximum absolute atomic E-state index is 4.35. The lowest BCUT2D eigenvalue weighted by Gasteiger charge is -2.34. The highest BCUT2D eigenvalue weighted by Gasteiger charge is 2.30. The van der Waals surface area contributed by atoms with Crippen LogP contribution in [0.25, 0.3) is 0 Å². The molecule has 0 amide bonds. The van der Waals surface area contributed by atoms with Crippen LogP contribution in [0.15, 0.2) is 33.3 Å². The molecule has 0 aliphatic carbocycles. The standard InChI is InChI=1S/C15H15N3S4/c1-19-15-17-16-13(22-15)9-18-6-4-11-10(5-8-21-11)14(18)12-3-2-7-20-12/h2-3,5,7-8,14H,4,6,9H2,1H3. The molecule has 0 spiro atoms. The fourth-order valence-electron chi connectivity index (χ4n) is 2.88. The Labute approximate surface area is 146 Å². The predicted molar refractivity (Wildman–Crippen MR) is 96.3 cm³/mol. The third-order valence-electron chi connectivity index (χ3n) is 3.84. The average Bonchev–Trinajstić information content (AvgIpc) is 3.28. The molecule has 3 aromatic rings. The fraction of sp³-hybridized carbons (Fsp3) is 0.333. The Morgan fingerprint density at radius 1 is 1.27 bits per heavy atom. The van der Waals surface area contributed by atoms with E-state index in [9.17, 15) is 0 Å². The van der Waals surface area contributed by atoms with Crippen LogP contribution in [0.3, 0.4) is 0 Å². The molecule has 7 heteroatoms. The zero-order valence-electron chi connectivity index (χ0n) is 12.1. The maximum Gasteiger partial charge on any atom is 0.174 e. The molecular weight excluding hydrogens is 350 g/mol. The molecule has 1 aliphatic heterocycles. The van der Waals surface area contributed by atoms with Gasteiger partial charge < -0.3 is 0 Å². The molecule has 0 aromatic carbocycles. The molecule has 114 valence electrons. The summed E-state index contributed by atoms with van der Waals surface area (Å²) in [7, 11) is 0. The first-order chi connectivity index (χ1) is 10.8. The van der Waals surface area contributed by atoms with Crippen LogP contribution in [0.5, 0.6) is 0 Å². The highest BCUT2D eigenvalue weighted by Crippen LogP contribution is 2.40. The maximum atomic E-state index is 4.35. The van der Waals surface area contributed by atoms with E-state index < -0.39 is 0 Å². The molecule has 1 aliphatic rings. The molecule has 22 heavy (non-hydrogen) atoms. The van der Waals surface area contributed by atoms with Crippen molar-refractivity contribution in [2.24, 2.45) is 0 Å². The lowest BCUT2D eigenvalue weighted by atomic mass is 9.98. The second-order valence-electron chi connectivity index (χ2n) is 5.10. The van der Waals surface area contributed by atoms with Gasteiger partial charge in [-0.15, -0.1) is 32.9 Å². The number of thiophene rings is 2. The molecule has 1 unspecified atom stereocenters. The lowest BCUT2D eigenvalue weighted by molar-refractivity contribution is 0.208. The number of thioether (sulfide) groups is 1. The molecule has 4 rings (SSSR count). The first kappa shape index (κ1) is 14.8. The topological polar surface area (TPSA) is 29.0 Å². The third kappa shape index (κ3) is 2.76. The highest BCUT2D eigenvalue weighted by atomic mass is 32.2. The van der Waals surface area contributed by atoms with Gasteiger partial charge in [0.05, 0.1) is 12.6 Å². The molecule has 0 bridgehead atoms. The van der Waals surface area contributed by atoms with Crippen molar-refractivity contribution >= 4 is 45.8 Å². The quantitative estimate of drug-likeness (QED) is 0.635. The van der Waals surface area contributed by atoms with Gasteiger partial charge in [0.15, 0.2) is 4.34 Å². The largest absolute Gasteiger partial charge is 0.284 e. The van der Waals surface area contributed by atoms with Crippen molar-refractivity contribution in [3.05, 3.63) is 49.3 Å². The van der Waals surface area contributed by atoms with Crippen molar-refractivity contribution in [2.75, 3.05) is 12.8 Å². The van der Waals surface area contributed by atoms with Crippen LogP contribution in [-0.2, 0) is 13.0 Å². The van der Waals surface area contributed by atoms with Gasteiger partial charge in [-0.1, -0.05) is 29.2 Å². The van der Waals surface area contributed by atoms with Crippen LogP contribution in [0, 0.1) is 0 Å². The second-order valence-corrected chi connectivity index (χ2v) is 9.20. The van der Waals surface area contributed by atoms with Crippen molar-refractivity contribution in [2.45, 2.75) is 23.3 Å². The summed E-state index contributed by atoms with van der Waals surface area (Å²) in [4.78, 5) is 5.51. The number of aromatic nitrogens is 2. The van der Waals surface area contributed by atoms with Crippen molar-refractivity contribution in [1.82, 2.24) is 15.1 Å². The number of hydrogen-bond acceptors (Lipinski definition) is 7. The Hall–Kier alpha value is -0.730. The summed E-state index contributed by atoms with van der Waals surface area (Å²) in [6.45, 7) is 1.97. The molecule has 0 fully saturated rings. The Balaban J connectivity index is 1.66. The fourth-order valence-corrected chi connectivity index (χ4v) is 6.00. The number of rotatable bonds is 4. The first-order valence-corrected chi connectivity index (χ1v) is 10.9. The van der Waals surface area contributed by atoms with E-state index in [0.717, 1.165) is 28.9 Å². The number of hydrogen-bond donors (Lipinski definition) is 0. The average molecular weight is 366 g/mol. The summed E-state index contributed by atoms with van der Waals surface area (Å²) in [5, 5.41) is 14.1. The summed E-state index contributed by atoms with van der Waals surface area (Å²) in [6, 6.07) is 7.07. The van der Waals surface area contributed by atoms with E-state index in [-0.39, 0.29) is 0 Å². The van der Waals surface area contributed by atoms with Gasteiger partial charge in [0, 0.05) is 16.3 Å². The highest BCUT2D eigenvalue weighted by molar-refractivity contribution is 8.00. The Bertz CT molecular complexity index is 747. The zero-order valence-corrected chi connectivity index (χ0v) is 15.3. The molecule has 0 saturated heterocycles. The summed E-state index contributed by atoms with van der Waals surface area (Å²) >= 11 is 7.12. The minimum absolute atomic E-state index is 0.372. The van der Waals surface area contributed by atoms with E-state index in [0.29, 0.717) is 6.04 Å². The van der Waals surface area contributed by atoms with Gasteiger partial charge in [-0.3, -0.25) is 4.90 Å². The third-order valence-corrected chi connectivity index (χ3v) is 7.64. The number of nitrogens with zero attached hydrogens (tertiary/aromatic N) is 3. The monoisotopic (exact) mass is 365 g/mol. The van der Waals surface area contributed by atoms with Crippen LogP contribution in [0.2, 0.25) is 0 Å². The van der Waals surface area contributed by atoms with Crippen LogP contribution in [-0.4, -0.2) is 27.9 Å². The van der Waals surface area contributed by atoms with E-state index in [2.05, 4.69) is 50.3 Å². The van der Waals surface area contributed by atoms with Crippen LogP contribution < -0.4 is 0 Å². The van der Waals surface area contributed by atoms with Crippen LogP contribution in [0.1, 0.15) is 26.4 Å². The molecule has 0 radical (unpaired) electrons. The minimum Gasteiger partial charge on any atom is -0.284 e. The van der Waals surface area contributed by atoms with E-state index >= 15 is 0 Å². The number of fused-ring (bicyclic) bond motifs is 1. The van der Waals surface area contributed by atoms with E-state index in [1.807, 2.05) is 22.7 Å². The van der Waals surface area contributed by atoms with Gasteiger partial charge in [0.1, 0.15) is 5.01 Å². The second kappa shape index (κ2) is 6.41. The lowest BCUT2D eigenvalue weighted by Crippen LogP contribution is -2.34. The molecular formula is C15H15N3S4. The molecule has 0 N–H and O–H groups in total.